The Morgan fingerprint density at radius 1 is 1.35 bits per heavy atom. The van der Waals surface area contributed by atoms with Gasteiger partial charge in [-0.2, -0.15) is 9.61 Å². The minimum absolute atomic E-state index is 0. The van der Waals surface area contributed by atoms with Gasteiger partial charge < -0.3 is 24.0 Å². The number of halogens is 1. The zero-order chi connectivity index (χ0) is 11.0. The van der Waals surface area contributed by atoms with E-state index in [9.17, 15) is 0 Å². The lowest BCUT2D eigenvalue weighted by Gasteiger charge is -1.93. The fourth-order valence-electron chi connectivity index (χ4n) is 1.49. The molecule has 3 heterocycles. The number of aromatic nitrogens is 5. The summed E-state index contributed by atoms with van der Waals surface area (Å²) in [4.78, 5) is 0.822. The zero-order valence-electron chi connectivity index (χ0n) is 9.12. The molecule has 0 N–H and O–H groups in total. The maximum atomic E-state index is 4.40. The quantitative estimate of drug-likeness (QED) is 0.399. The van der Waals surface area contributed by atoms with E-state index < -0.39 is 0 Å². The molecule has 0 aromatic carbocycles. The van der Waals surface area contributed by atoms with Gasteiger partial charge in [-0.3, -0.25) is 0 Å². The molecule has 0 saturated carbocycles. The highest BCUT2D eigenvalue weighted by Crippen LogP contribution is 2.23. The fourth-order valence-corrected chi connectivity index (χ4v) is 2.31. The van der Waals surface area contributed by atoms with Crippen molar-refractivity contribution in [2.75, 3.05) is 0 Å². The molecule has 0 atom stereocenters. The fraction of sp³-hybridized carbons (Fsp3) is 0.200. The number of hydrogen-bond donors (Lipinski definition) is 0. The molecule has 0 aliphatic carbocycles. The van der Waals surface area contributed by atoms with E-state index in [2.05, 4.69) is 51.3 Å². The van der Waals surface area contributed by atoms with Crippen molar-refractivity contribution < 1.29 is 28.5 Å². The largest absolute Gasteiger partial charge is 1.00 e. The molecule has 17 heavy (non-hydrogen) atoms. The van der Waals surface area contributed by atoms with Crippen LogP contribution in [0.4, 0.5) is 0 Å². The van der Waals surface area contributed by atoms with Crippen molar-refractivity contribution in [1.29, 1.82) is 0 Å². The Morgan fingerprint density at radius 2 is 2.12 bits per heavy atom. The molecule has 0 aliphatic rings. The molecule has 88 valence electrons. The summed E-state index contributed by atoms with van der Waals surface area (Å²) in [6.07, 6.45) is 5.72. The molecule has 5 nitrogen and oxygen atoms in total. The van der Waals surface area contributed by atoms with Crippen LogP contribution >= 0.6 is 11.3 Å². The molecule has 3 rings (SSSR count). The van der Waals surface area contributed by atoms with Gasteiger partial charge in [-0.1, -0.05) is 11.3 Å². The van der Waals surface area contributed by atoms with Crippen LogP contribution in [0.3, 0.4) is 0 Å². The molecule has 7 heteroatoms. The Kier molecular flexibility index (Phi) is 3.67. The molecule has 0 aliphatic heterocycles. The third-order valence-electron chi connectivity index (χ3n) is 2.39. The Bertz CT molecular complexity index is 586. The second-order valence-electron chi connectivity index (χ2n) is 3.38. The van der Waals surface area contributed by atoms with Crippen molar-refractivity contribution in [2.45, 2.75) is 13.5 Å². The summed E-state index contributed by atoms with van der Waals surface area (Å²) < 4.78 is 3.81. The van der Waals surface area contributed by atoms with Crippen molar-refractivity contribution in [3.8, 4) is 10.6 Å². The van der Waals surface area contributed by atoms with Crippen molar-refractivity contribution in [3.05, 3.63) is 30.9 Å². The van der Waals surface area contributed by atoms with E-state index in [0.717, 1.165) is 22.1 Å². The maximum Gasteiger partial charge on any atom is 0.234 e. The number of nitrogens with zero attached hydrogens (tertiary/aromatic N) is 5. The van der Waals surface area contributed by atoms with Gasteiger partial charge >= 0.3 is 0 Å². The lowest BCUT2D eigenvalue weighted by molar-refractivity contribution is -0.693. The molecule has 0 bridgehead atoms. The standard InChI is InChI=1S/C10H10N5S.HI/c1-2-14-5-3-8(4-6-14)9-13-15-7-11-12-10(15)16-9;/h3-7H,2H2,1H3;1H/q+1;/p-1. The number of fused-ring (bicyclic) bond motifs is 1. The maximum absolute atomic E-state index is 4.40. The Morgan fingerprint density at radius 3 is 2.76 bits per heavy atom. The van der Waals surface area contributed by atoms with Gasteiger partial charge in [-0.05, 0) is 6.92 Å². The van der Waals surface area contributed by atoms with Gasteiger partial charge in [-0.25, -0.2) is 4.57 Å². The topological polar surface area (TPSA) is 47.0 Å². The van der Waals surface area contributed by atoms with Crippen molar-refractivity contribution in [2.24, 2.45) is 0 Å². The van der Waals surface area contributed by atoms with Crippen LogP contribution in [-0.4, -0.2) is 19.8 Å². The summed E-state index contributed by atoms with van der Waals surface area (Å²) in [6.45, 7) is 3.09. The number of pyridine rings is 1. The first-order valence-electron chi connectivity index (χ1n) is 5.03. The van der Waals surface area contributed by atoms with Crippen LogP contribution < -0.4 is 28.5 Å². The van der Waals surface area contributed by atoms with Crippen LogP contribution in [0.15, 0.2) is 30.9 Å². The number of rotatable bonds is 2. The lowest BCUT2D eigenvalue weighted by atomic mass is 10.3. The Hall–Kier alpha value is -1.09. The van der Waals surface area contributed by atoms with E-state index >= 15 is 0 Å². The molecular weight excluding hydrogens is 349 g/mol. The monoisotopic (exact) mass is 359 g/mol. The van der Waals surface area contributed by atoms with Crippen molar-refractivity contribution in [1.82, 2.24) is 19.8 Å². The zero-order valence-corrected chi connectivity index (χ0v) is 12.1. The van der Waals surface area contributed by atoms with Gasteiger partial charge in [0.2, 0.25) is 4.96 Å². The molecule has 0 saturated heterocycles. The average molecular weight is 359 g/mol. The molecule has 0 radical (unpaired) electrons. The van der Waals surface area contributed by atoms with Gasteiger partial charge in [0.1, 0.15) is 17.9 Å². The van der Waals surface area contributed by atoms with E-state index in [1.807, 2.05) is 0 Å². The van der Waals surface area contributed by atoms with Crippen LogP contribution in [0.1, 0.15) is 6.92 Å². The highest BCUT2D eigenvalue weighted by molar-refractivity contribution is 7.19. The summed E-state index contributed by atoms with van der Waals surface area (Å²) in [7, 11) is 0. The molecule has 3 aromatic rings. The molecule has 0 amide bonds. The number of hydrogen-bond acceptors (Lipinski definition) is 4. The second kappa shape index (κ2) is 5.05. The molecule has 3 aromatic heterocycles. The SMILES string of the molecule is CC[n+]1ccc(-c2nn3cnnc3s2)cc1.[I-]. The summed E-state index contributed by atoms with van der Waals surface area (Å²) in [6, 6.07) is 4.13. The first-order valence-corrected chi connectivity index (χ1v) is 5.85. The first-order chi connectivity index (χ1) is 7.86. The van der Waals surface area contributed by atoms with Crippen LogP contribution in [0.2, 0.25) is 0 Å². The first kappa shape index (κ1) is 12.4. The van der Waals surface area contributed by atoms with E-state index in [0.29, 0.717) is 0 Å². The lowest BCUT2D eigenvalue weighted by Crippen LogP contribution is -3.00. The minimum Gasteiger partial charge on any atom is -1.00 e. The van der Waals surface area contributed by atoms with E-state index in [1.165, 1.54) is 11.3 Å². The predicted octanol–water partition coefficient (Wildman–Crippen LogP) is -1.84. The molecular formula is C10H10IN5S. The smallest absolute Gasteiger partial charge is 0.234 e. The van der Waals surface area contributed by atoms with Crippen LogP contribution in [0, 0.1) is 0 Å². The summed E-state index contributed by atoms with van der Waals surface area (Å²) in [5, 5.41) is 13.1. The van der Waals surface area contributed by atoms with Gasteiger partial charge in [-0.15, -0.1) is 10.2 Å². The predicted molar refractivity (Wildman–Crippen MR) is 60.0 cm³/mol. The third-order valence-corrected chi connectivity index (χ3v) is 3.35. The van der Waals surface area contributed by atoms with Crippen LogP contribution in [0.25, 0.3) is 15.5 Å². The van der Waals surface area contributed by atoms with Gasteiger partial charge in [0.05, 0.1) is 0 Å². The Balaban J connectivity index is 0.00000108. The van der Waals surface area contributed by atoms with Crippen molar-refractivity contribution >= 4 is 16.3 Å². The van der Waals surface area contributed by atoms with Gasteiger partial charge in [0.25, 0.3) is 0 Å². The normalized spacial score (nSPS) is 10.4. The highest BCUT2D eigenvalue weighted by Gasteiger charge is 2.08. The Labute approximate surface area is 119 Å². The summed E-state index contributed by atoms with van der Waals surface area (Å²) in [5.74, 6) is 0. The van der Waals surface area contributed by atoms with E-state index in [1.54, 1.807) is 10.8 Å². The molecule has 0 unspecified atom stereocenters. The van der Waals surface area contributed by atoms with Crippen molar-refractivity contribution in [3.63, 3.8) is 0 Å². The number of aryl methyl sites for hydroxylation is 1. The second-order valence-corrected chi connectivity index (χ2v) is 4.34. The van der Waals surface area contributed by atoms with Crippen LogP contribution in [0.5, 0.6) is 0 Å². The molecule has 0 spiro atoms. The van der Waals surface area contributed by atoms with Gasteiger partial charge in [0, 0.05) is 17.7 Å². The van der Waals surface area contributed by atoms with Crippen LogP contribution in [-0.2, 0) is 6.54 Å². The minimum atomic E-state index is 0. The highest BCUT2D eigenvalue weighted by atomic mass is 127. The van der Waals surface area contributed by atoms with Gasteiger partial charge in [0.15, 0.2) is 12.4 Å². The third kappa shape index (κ3) is 2.29. The molecule has 0 fully saturated rings. The summed E-state index contributed by atoms with van der Waals surface area (Å²) in [5.41, 5.74) is 1.11. The average Bonchev–Trinajstić information content (AvgIpc) is 2.89. The summed E-state index contributed by atoms with van der Waals surface area (Å²) >= 11 is 1.54. The van der Waals surface area contributed by atoms with E-state index in [-0.39, 0.29) is 24.0 Å². The van der Waals surface area contributed by atoms with E-state index in [4.69, 9.17) is 0 Å².